The summed E-state index contributed by atoms with van der Waals surface area (Å²) in [5.74, 6) is -1.68. The SMILES string of the molecule is COC(=O)c1cc(C(=O)OC)cc(S(=O)(=O)O)c1.c1ccc([PH](c2ccccc2)(c2ccccc2)c2ccccc2)cc1. The van der Waals surface area contributed by atoms with Gasteiger partial charge in [0.1, 0.15) is 0 Å². The van der Waals surface area contributed by atoms with E-state index in [0.29, 0.717) is 0 Å². The van der Waals surface area contributed by atoms with Crippen LogP contribution in [0.3, 0.4) is 0 Å². The average Bonchev–Trinajstić information content (AvgIpc) is 3.06. The van der Waals surface area contributed by atoms with Gasteiger partial charge < -0.3 is 9.47 Å². The minimum atomic E-state index is -4.55. The molecule has 0 aliphatic rings. The van der Waals surface area contributed by atoms with Gasteiger partial charge in [-0.1, -0.05) is 0 Å². The molecule has 5 aromatic rings. The van der Waals surface area contributed by atoms with E-state index in [4.69, 9.17) is 4.55 Å². The summed E-state index contributed by atoms with van der Waals surface area (Å²) in [5.41, 5.74) is -0.374. The van der Waals surface area contributed by atoms with Crippen molar-refractivity contribution in [3.63, 3.8) is 0 Å². The van der Waals surface area contributed by atoms with Gasteiger partial charge in [-0.05, 0) is 18.2 Å². The van der Waals surface area contributed by atoms with Gasteiger partial charge in [0.15, 0.2) is 0 Å². The number of methoxy groups -OCH3 is 2. The molecule has 0 heterocycles. The van der Waals surface area contributed by atoms with E-state index >= 15 is 0 Å². The first-order valence-electron chi connectivity index (χ1n) is 13.2. The van der Waals surface area contributed by atoms with Crippen molar-refractivity contribution in [1.29, 1.82) is 0 Å². The van der Waals surface area contributed by atoms with Crippen molar-refractivity contribution in [2.75, 3.05) is 14.2 Å². The Morgan fingerprint density at radius 3 is 1.05 bits per heavy atom. The number of rotatable bonds is 7. The Bertz CT molecular complexity index is 1580. The van der Waals surface area contributed by atoms with Gasteiger partial charge in [0.2, 0.25) is 0 Å². The van der Waals surface area contributed by atoms with E-state index in [0.717, 1.165) is 32.4 Å². The summed E-state index contributed by atoms with van der Waals surface area (Å²) in [6.07, 6.45) is 0. The summed E-state index contributed by atoms with van der Waals surface area (Å²) in [4.78, 5) is 22.0. The van der Waals surface area contributed by atoms with Gasteiger partial charge in [-0.3, -0.25) is 4.55 Å². The molecule has 0 radical (unpaired) electrons. The molecule has 0 amide bonds. The van der Waals surface area contributed by atoms with Crippen molar-refractivity contribution in [3.8, 4) is 0 Å². The van der Waals surface area contributed by atoms with Crippen LogP contribution in [0.1, 0.15) is 20.7 Å². The second kappa shape index (κ2) is 14.0. The molecule has 1 N–H and O–H groups in total. The molecular weight excluding hydrogens is 583 g/mol. The molecule has 43 heavy (non-hydrogen) atoms. The van der Waals surface area contributed by atoms with Crippen LogP contribution in [0.2, 0.25) is 0 Å². The Hall–Kier alpha value is -4.62. The summed E-state index contributed by atoms with van der Waals surface area (Å²) in [6, 6.07) is 46.9. The molecule has 0 fully saturated rings. The third kappa shape index (κ3) is 7.07. The van der Waals surface area contributed by atoms with Crippen LogP contribution in [0, 0.1) is 0 Å². The molecule has 7 nitrogen and oxygen atoms in total. The Morgan fingerprint density at radius 1 is 0.535 bits per heavy atom. The second-order valence-corrected chi connectivity index (χ2v) is 14.6. The third-order valence-electron chi connectivity index (χ3n) is 6.87. The van der Waals surface area contributed by atoms with E-state index in [1.54, 1.807) is 0 Å². The van der Waals surface area contributed by atoms with Crippen LogP contribution in [-0.2, 0) is 19.6 Å². The van der Waals surface area contributed by atoms with Crippen molar-refractivity contribution in [3.05, 3.63) is 151 Å². The maximum absolute atomic E-state index is 11.3. The molecule has 0 spiro atoms. The number of carbonyl (C=O) groups is 2. The van der Waals surface area contributed by atoms with Gasteiger partial charge >= 0.3 is 162 Å². The Kier molecular flexibility index (Phi) is 10.2. The van der Waals surface area contributed by atoms with E-state index in [1.807, 2.05) is 0 Å². The molecule has 0 saturated heterocycles. The molecule has 0 saturated carbocycles. The molecule has 0 aromatic heterocycles. The zero-order chi connectivity index (χ0) is 30.9. The Labute approximate surface area is 251 Å². The van der Waals surface area contributed by atoms with E-state index in [1.165, 1.54) is 21.2 Å². The van der Waals surface area contributed by atoms with Crippen molar-refractivity contribution in [2.24, 2.45) is 0 Å². The van der Waals surface area contributed by atoms with Gasteiger partial charge in [0.25, 0.3) is 10.1 Å². The molecular formula is C34H31O7PS. The summed E-state index contributed by atoms with van der Waals surface area (Å²) in [7, 11) is -4.65. The molecule has 220 valence electrons. The summed E-state index contributed by atoms with van der Waals surface area (Å²) in [6.45, 7) is 0. The van der Waals surface area contributed by atoms with Crippen LogP contribution in [-0.4, -0.2) is 39.1 Å². The first kappa shape index (κ1) is 31.3. The fourth-order valence-corrected chi connectivity index (χ4v) is 10.3. The number of carbonyl (C=O) groups excluding carboxylic acids is 2. The van der Waals surface area contributed by atoms with Gasteiger partial charge in [-0.2, -0.15) is 8.42 Å². The van der Waals surface area contributed by atoms with Gasteiger partial charge in [0.05, 0.1) is 30.2 Å². The van der Waals surface area contributed by atoms with Crippen molar-refractivity contribution < 1.29 is 32.0 Å². The summed E-state index contributed by atoms with van der Waals surface area (Å²) < 4.78 is 39.7. The number of esters is 2. The fourth-order valence-electron chi connectivity index (χ4n) is 4.97. The molecule has 0 unspecified atom stereocenters. The van der Waals surface area contributed by atoms with Crippen LogP contribution < -0.4 is 21.2 Å². The standard InChI is InChI=1S/C24H21P.C10H10O7S/c1-5-13-21(14-6-1)25(22-15-7-2-8-16-22,23-17-9-3-10-18-23)24-19-11-4-12-20-24;1-16-9(11)6-3-7(10(12)17-2)5-8(4-6)18(13,14)15/h1-20,25H;3-5H,1-2H3,(H,13,14,15). The van der Waals surface area contributed by atoms with Gasteiger partial charge in [0, 0.05) is 0 Å². The molecule has 0 aliphatic carbocycles. The number of hydrogen-bond acceptors (Lipinski definition) is 6. The quantitative estimate of drug-likeness (QED) is 0.163. The average molecular weight is 615 g/mol. The Balaban J connectivity index is 0.000000209. The molecule has 0 bridgehead atoms. The molecule has 0 atom stereocenters. The monoisotopic (exact) mass is 614 g/mol. The van der Waals surface area contributed by atoms with Crippen LogP contribution in [0.25, 0.3) is 0 Å². The first-order valence-corrected chi connectivity index (χ1v) is 16.7. The predicted molar refractivity (Wildman–Crippen MR) is 172 cm³/mol. The zero-order valence-corrected chi connectivity index (χ0v) is 25.4. The molecule has 5 rings (SSSR count). The third-order valence-corrected chi connectivity index (χ3v) is 12.5. The van der Waals surface area contributed by atoms with Crippen LogP contribution in [0.15, 0.2) is 144 Å². The second-order valence-electron chi connectivity index (χ2n) is 9.42. The molecule has 5 aromatic carbocycles. The molecule has 0 aliphatic heterocycles. The van der Waals surface area contributed by atoms with Crippen LogP contribution in [0.4, 0.5) is 0 Å². The number of ether oxygens (including phenoxy) is 2. The van der Waals surface area contributed by atoms with Crippen molar-refractivity contribution in [1.82, 2.24) is 0 Å². The van der Waals surface area contributed by atoms with Gasteiger partial charge in [-0.15, -0.1) is 0 Å². The topological polar surface area (TPSA) is 107 Å². The number of benzene rings is 5. The van der Waals surface area contributed by atoms with Crippen LogP contribution >= 0.6 is 7.26 Å². The van der Waals surface area contributed by atoms with E-state index < -0.39 is 34.2 Å². The van der Waals surface area contributed by atoms with Crippen LogP contribution in [0.5, 0.6) is 0 Å². The van der Waals surface area contributed by atoms with Gasteiger partial charge in [-0.25, -0.2) is 9.59 Å². The number of hydrogen-bond donors (Lipinski definition) is 1. The maximum atomic E-state index is 11.3. The van der Waals surface area contributed by atoms with E-state index in [-0.39, 0.29) is 11.1 Å². The fraction of sp³-hybridized carbons (Fsp3) is 0.0588. The van der Waals surface area contributed by atoms with Crippen molar-refractivity contribution in [2.45, 2.75) is 4.90 Å². The Morgan fingerprint density at radius 2 is 0.814 bits per heavy atom. The summed E-state index contributed by atoms with van der Waals surface area (Å²) >= 11 is 0. The first-order chi connectivity index (χ1) is 20.7. The van der Waals surface area contributed by atoms with Crippen molar-refractivity contribution >= 4 is 50.5 Å². The minimum absolute atomic E-state index is 0.187. The normalized spacial score (nSPS) is 11.4. The zero-order valence-electron chi connectivity index (χ0n) is 23.6. The van der Waals surface area contributed by atoms with E-state index in [9.17, 15) is 18.0 Å². The molecule has 9 heteroatoms. The van der Waals surface area contributed by atoms with E-state index in [2.05, 4.69) is 131 Å². The summed E-state index contributed by atoms with van der Waals surface area (Å²) in [5, 5.41) is 5.66. The predicted octanol–water partition coefficient (Wildman–Crippen LogP) is 4.54.